The molecule has 0 saturated heterocycles. The molecule has 2 aliphatic rings. The molecule has 0 bridgehead atoms. The molecule has 3 N–H and O–H groups in total. The number of nitrogens with zero attached hydrogens (tertiary/aromatic N) is 1. The fourth-order valence-corrected chi connectivity index (χ4v) is 5.36. The predicted molar refractivity (Wildman–Crippen MR) is 128 cm³/mol. The summed E-state index contributed by atoms with van der Waals surface area (Å²) in [7, 11) is 0. The number of carbonyl (C=O) groups excluding carboxylic acids is 2. The lowest BCUT2D eigenvalue weighted by Crippen LogP contribution is -2.21. The fourth-order valence-electron chi connectivity index (χ4n) is 4.59. The first-order valence-corrected chi connectivity index (χ1v) is 11.6. The van der Waals surface area contributed by atoms with Crippen molar-refractivity contribution in [1.82, 2.24) is 9.69 Å². The molecule has 1 aliphatic carbocycles. The molecule has 1 unspecified atom stereocenters. The number of aryl methyl sites for hydroxylation is 1. The number of benzene rings is 3. The van der Waals surface area contributed by atoms with Crippen LogP contribution in [0.2, 0.25) is 0 Å². The summed E-state index contributed by atoms with van der Waals surface area (Å²) in [6.45, 7) is 2.00. The standard InChI is InChI=1S/C26H21N3O3S/c1-14-6-2-3-7-16(14)22-21-18(24(30)28-22)12-15(26(32)10-11-26)13-19(21)27-25(31)23-17-8-4-5-9-20(17)33-29-23/h2-9,12-13,22,32H,10-11H2,1H3,(H,27,31)(H,28,30). The number of hydrogen-bond donors (Lipinski definition) is 3. The normalized spacial score (nSPS) is 18.1. The van der Waals surface area contributed by atoms with E-state index >= 15 is 0 Å². The fraction of sp³-hybridized carbons (Fsp3) is 0.192. The molecular weight excluding hydrogens is 434 g/mol. The minimum absolute atomic E-state index is 0.209. The van der Waals surface area contributed by atoms with Gasteiger partial charge < -0.3 is 15.7 Å². The molecule has 164 valence electrons. The summed E-state index contributed by atoms with van der Waals surface area (Å²) in [6, 6.07) is 18.7. The Morgan fingerprint density at radius 1 is 1.15 bits per heavy atom. The van der Waals surface area contributed by atoms with E-state index in [1.807, 2.05) is 61.5 Å². The average molecular weight is 456 g/mol. The number of rotatable bonds is 4. The van der Waals surface area contributed by atoms with Gasteiger partial charge in [0.1, 0.15) is 5.69 Å². The zero-order valence-corrected chi connectivity index (χ0v) is 18.7. The van der Waals surface area contributed by atoms with Crippen molar-refractivity contribution in [1.29, 1.82) is 0 Å². The Labute approximate surface area is 194 Å². The Hall–Kier alpha value is -3.55. The van der Waals surface area contributed by atoms with Gasteiger partial charge in [-0.2, -0.15) is 4.37 Å². The highest BCUT2D eigenvalue weighted by Gasteiger charge is 2.44. The zero-order chi connectivity index (χ0) is 22.7. The van der Waals surface area contributed by atoms with Gasteiger partial charge in [0, 0.05) is 22.2 Å². The summed E-state index contributed by atoms with van der Waals surface area (Å²) < 4.78 is 5.31. The summed E-state index contributed by atoms with van der Waals surface area (Å²) in [5.74, 6) is -0.545. The van der Waals surface area contributed by atoms with Crippen LogP contribution >= 0.6 is 11.5 Å². The van der Waals surface area contributed by atoms with E-state index in [9.17, 15) is 14.7 Å². The number of aliphatic hydroxyl groups is 1. The molecule has 6 nitrogen and oxygen atoms in total. The lowest BCUT2D eigenvalue weighted by Gasteiger charge is -2.20. The van der Waals surface area contributed by atoms with E-state index in [0.29, 0.717) is 35.3 Å². The molecule has 33 heavy (non-hydrogen) atoms. The highest BCUT2D eigenvalue weighted by Crippen LogP contribution is 2.48. The van der Waals surface area contributed by atoms with Crippen LogP contribution in [-0.2, 0) is 5.60 Å². The lowest BCUT2D eigenvalue weighted by atomic mass is 9.91. The Bertz CT molecular complexity index is 1450. The van der Waals surface area contributed by atoms with Gasteiger partial charge in [-0.3, -0.25) is 9.59 Å². The summed E-state index contributed by atoms with van der Waals surface area (Å²) in [5, 5.41) is 17.7. The molecule has 7 heteroatoms. The number of anilines is 1. The van der Waals surface area contributed by atoms with Crippen molar-refractivity contribution in [3.63, 3.8) is 0 Å². The number of aromatic nitrogens is 1. The summed E-state index contributed by atoms with van der Waals surface area (Å²) in [6.07, 6.45) is 1.28. The Morgan fingerprint density at radius 2 is 1.91 bits per heavy atom. The molecule has 2 heterocycles. The molecule has 1 saturated carbocycles. The number of amides is 2. The van der Waals surface area contributed by atoms with Crippen LogP contribution < -0.4 is 10.6 Å². The number of fused-ring (bicyclic) bond motifs is 2. The van der Waals surface area contributed by atoms with E-state index in [4.69, 9.17) is 0 Å². The van der Waals surface area contributed by atoms with Crippen LogP contribution in [0.5, 0.6) is 0 Å². The monoisotopic (exact) mass is 455 g/mol. The molecule has 1 atom stereocenters. The molecule has 0 radical (unpaired) electrons. The molecular formula is C26H21N3O3S. The third-order valence-corrected chi connectivity index (χ3v) is 7.42. The van der Waals surface area contributed by atoms with Gasteiger partial charge in [-0.25, -0.2) is 0 Å². The van der Waals surface area contributed by atoms with E-state index in [2.05, 4.69) is 15.0 Å². The molecule has 6 rings (SSSR count). The van der Waals surface area contributed by atoms with E-state index in [1.54, 1.807) is 6.07 Å². The van der Waals surface area contributed by atoms with Crippen LogP contribution in [0.15, 0.2) is 60.7 Å². The third-order valence-electron chi connectivity index (χ3n) is 6.59. The van der Waals surface area contributed by atoms with Gasteiger partial charge in [-0.05, 0) is 66.2 Å². The maximum absolute atomic E-state index is 13.3. The van der Waals surface area contributed by atoms with Crippen molar-refractivity contribution in [3.8, 4) is 0 Å². The van der Waals surface area contributed by atoms with Crippen LogP contribution in [0.3, 0.4) is 0 Å². The Balaban J connectivity index is 1.49. The number of nitrogens with one attached hydrogen (secondary N) is 2. The molecule has 2 amide bonds. The minimum Gasteiger partial charge on any atom is -0.385 e. The van der Waals surface area contributed by atoms with E-state index < -0.39 is 5.60 Å². The van der Waals surface area contributed by atoms with Crippen molar-refractivity contribution in [2.24, 2.45) is 0 Å². The lowest BCUT2D eigenvalue weighted by molar-refractivity contribution is 0.0959. The van der Waals surface area contributed by atoms with Crippen LogP contribution in [0.25, 0.3) is 10.1 Å². The number of carbonyl (C=O) groups is 2. The van der Waals surface area contributed by atoms with Crippen molar-refractivity contribution in [2.75, 3.05) is 5.32 Å². The van der Waals surface area contributed by atoms with Crippen LogP contribution in [0.1, 0.15) is 62.0 Å². The minimum atomic E-state index is -0.942. The first-order chi connectivity index (χ1) is 15.9. The van der Waals surface area contributed by atoms with Crippen LogP contribution in [-0.4, -0.2) is 21.3 Å². The summed E-state index contributed by atoms with van der Waals surface area (Å²) in [5.41, 5.74) is 3.81. The SMILES string of the molecule is Cc1ccccc1C1NC(=O)c2cc(C3(O)CC3)cc(NC(=O)c3nsc4ccccc34)c21. The topological polar surface area (TPSA) is 91.3 Å². The van der Waals surface area contributed by atoms with Gasteiger partial charge in [0.2, 0.25) is 0 Å². The van der Waals surface area contributed by atoms with Gasteiger partial charge in [0.15, 0.2) is 0 Å². The largest absolute Gasteiger partial charge is 0.385 e. The van der Waals surface area contributed by atoms with Crippen LogP contribution in [0, 0.1) is 6.92 Å². The smallest absolute Gasteiger partial charge is 0.276 e. The van der Waals surface area contributed by atoms with Gasteiger partial charge in [0.25, 0.3) is 11.8 Å². The molecule has 0 spiro atoms. The van der Waals surface area contributed by atoms with Crippen LogP contribution in [0.4, 0.5) is 5.69 Å². The quantitative estimate of drug-likeness (QED) is 0.417. The van der Waals surface area contributed by atoms with Crippen molar-refractivity contribution in [2.45, 2.75) is 31.4 Å². The molecule has 3 aromatic carbocycles. The average Bonchev–Trinajstić information content (AvgIpc) is 3.27. The maximum Gasteiger partial charge on any atom is 0.276 e. The van der Waals surface area contributed by atoms with E-state index in [0.717, 1.165) is 26.8 Å². The van der Waals surface area contributed by atoms with Gasteiger partial charge in [-0.15, -0.1) is 0 Å². The Morgan fingerprint density at radius 3 is 2.70 bits per heavy atom. The van der Waals surface area contributed by atoms with E-state index in [-0.39, 0.29) is 17.9 Å². The predicted octanol–water partition coefficient (Wildman–Crippen LogP) is 4.67. The summed E-state index contributed by atoms with van der Waals surface area (Å²) in [4.78, 5) is 26.3. The van der Waals surface area contributed by atoms with Crippen molar-refractivity contribution in [3.05, 3.63) is 94.2 Å². The first kappa shape index (κ1) is 20.1. The zero-order valence-electron chi connectivity index (χ0n) is 17.9. The third kappa shape index (κ3) is 3.23. The molecule has 4 aromatic rings. The first-order valence-electron chi connectivity index (χ1n) is 10.9. The van der Waals surface area contributed by atoms with Crippen molar-refractivity contribution < 1.29 is 14.7 Å². The van der Waals surface area contributed by atoms with Gasteiger partial charge in [0.05, 0.1) is 16.3 Å². The molecule has 1 aromatic heterocycles. The molecule has 1 aliphatic heterocycles. The second-order valence-corrected chi connectivity index (χ2v) is 9.57. The van der Waals surface area contributed by atoms with Gasteiger partial charge in [-0.1, -0.05) is 42.5 Å². The highest BCUT2D eigenvalue weighted by atomic mass is 32.1. The summed E-state index contributed by atoms with van der Waals surface area (Å²) >= 11 is 1.28. The van der Waals surface area contributed by atoms with E-state index in [1.165, 1.54) is 11.5 Å². The maximum atomic E-state index is 13.3. The van der Waals surface area contributed by atoms with Crippen molar-refractivity contribution >= 4 is 39.1 Å². The Kier molecular flexibility index (Phi) is 4.40. The number of hydrogen-bond acceptors (Lipinski definition) is 5. The van der Waals surface area contributed by atoms with Gasteiger partial charge >= 0.3 is 0 Å². The molecule has 1 fully saturated rings. The second-order valence-electron chi connectivity index (χ2n) is 8.76. The highest BCUT2D eigenvalue weighted by molar-refractivity contribution is 7.13. The second kappa shape index (κ2) is 7.23.